The third-order valence-electron chi connectivity index (χ3n) is 6.70. The Hall–Kier alpha value is -4.10. The van der Waals surface area contributed by atoms with E-state index >= 15 is 0 Å². The zero-order chi connectivity index (χ0) is 27.7. The first-order valence-corrected chi connectivity index (χ1v) is 13.2. The highest BCUT2D eigenvalue weighted by Crippen LogP contribution is 2.43. The molecule has 1 amide bonds. The Bertz CT molecular complexity index is 1290. The van der Waals surface area contributed by atoms with Crippen molar-refractivity contribution in [3.05, 3.63) is 108 Å². The van der Waals surface area contributed by atoms with Gasteiger partial charge in [-0.1, -0.05) is 48.0 Å². The number of hydrogen-bond acceptors (Lipinski definition) is 6. The van der Waals surface area contributed by atoms with Gasteiger partial charge in [0.2, 0.25) is 5.90 Å². The van der Waals surface area contributed by atoms with Crippen LogP contribution < -0.4 is 14.8 Å². The van der Waals surface area contributed by atoms with Crippen LogP contribution >= 0.6 is 0 Å². The van der Waals surface area contributed by atoms with Gasteiger partial charge in [-0.15, -0.1) is 6.58 Å². The minimum Gasteiger partial charge on any atom is -0.497 e. The van der Waals surface area contributed by atoms with Crippen molar-refractivity contribution in [2.75, 3.05) is 26.9 Å². The van der Waals surface area contributed by atoms with Crippen molar-refractivity contribution >= 4 is 11.8 Å². The third-order valence-corrected chi connectivity index (χ3v) is 6.70. The lowest BCUT2D eigenvalue weighted by Gasteiger charge is -2.30. The monoisotopic (exact) mass is 528 g/mol. The average molecular weight is 529 g/mol. The number of nitrogens with zero attached hydrogens (tertiary/aromatic N) is 1. The molecule has 4 rings (SSSR count). The van der Waals surface area contributed by atoms with Crippen LogP contribution in [0, 0.1) is 6.92 Å². The molecule has 3 aromatic carbocycles. The summed E-state index contributed by atoms with van der Waals surface area (Å²) in [4.78, 5) is 18.8. The molecule has 0 aromatic heterocycles. The molecule has 1 aliphatic rings. The molecule has 1 aliphatic heterocycles. The van der Waals surface area contributed by atoms with Crippen LogP contribution in [0.15, 0.2) is 90.4 Å². The van der Waals surface area contributed by atoms with Gasteiger partial charge in [0.15, 0.2) is 11.6 Å². The van der Waals surface area contributed by atoms with Crippen molar-refractivity contribution in [3.8, 4) is 11.5 Å². The normalized spacial score (nSPS) is 18.1. The number of aliphatic imine (C=N–C) groups is 1. The number of aliphatic hydroxyl groups excluding tert-OH is 1. The molecule has 0 fully saturated rings. The number of carbonyl (C=O) groups is 1. The summed E-state index contributed by atoms with van der Waals surface area (Å²) in [5.74, 6) is 1.50. The van der Waals surface area contributed by atoms with Gasteiger partial charge in [-0.25, -0.2) is 4.99 Å². The first-order valence-electron chi connectivity index (χ1n) is 13.2. The third kappa shape index (κ3) is 6.67. The molecule has 0 aliphatic carbocycles. The molecular weight excluding hydrogens is 492 g/mol. The minimum absolute atomic E-state index is 0.0762. The van der Waals surface area contributed by atoms with Crippen molar-refractivity contribution in [3.63, 3.8) is 0 Å². The van der Waals surface area contributed by atoms with Crippen LogP contribution in [0.4, 0.5) is 0 Å². The molecule has 2 atom stereocenters. The van der Waals surface area contributed by atoms with Gasteiger partial charge in [-0.05, 0) is 60.9 Å². The van der Waals surface area contributed by atoms with Crippen molar-refractivity contribution in [2.45, 2.75) is 37.8 Å². The van der Waals surface area contributed by atoms with E-state index in [1.165, 1.54) is 5.56 Å². The van der Waals surface area contributed by atoms with Crippen LogP contribution in [0.25, 0.3) is 0 Å². The molecule has 0 bridgehead atoms. The zero-order valence-electron chi connectivity index (χ0n) is 22.6. The smallest absolute Gasteiger partial charge is 0.252 e. The van der Waals surface area contributed by atoms with Crippen molar-refractivity contribution in [2.24, 2.45) is 4.99 Å². The van der Waals surface area contributed by atoms with Crippen LogP contribution in [0.2, 0.25) is 0 Å². The van der Waals surface area contributed by atoms with E-state index in [-0.39, 0.29) is 18.9 Å². The predicted molar refractivity (Wildman–Crippen MR) is 152 cm³/mol. The number of benzene rings is 3. The van der Waals surface area contributed by atoms with Gasteiger partial charge < -0.3 is 24.6 Å². The molecule has 7 nitrogen and oxygen atoms in total. The number of aryl methyl sites for hydroxylation is 1. The van der Waals surface area contributed by atoms with Crippen molar-refractivity contribution in [1.82, 2.24) is 5.32 Å². The van der Waals surface area contributed by atoms with Crippen LogP contribution in [0.3, 0.4) is 0 Å². The lowest BCUT2D eigenvalue weighted by Crippen LogP contribution is -2.48. The maximum absolute atomic E-state index is 13.9. The molecule has 0 saturated carbocycles. The quantitative estimate of drug-likeness (QED) is 0.242. The molecule has 0 spiro atoms. The summed E-state index contributed by atoms with van der Waals surface area (Å²) >= 11 is 0. The van der Waals surface area contributed by atoms with E-state index in [1.54, 1.807) is 13.2 Å². The summed E-state index contributed by atoms with van der Waals surface area (Å²) in [6, 6.07) is 23.2. The van der Waals surface area contributed by atoms with Crippen LogP contribution in [-0.4, -0.2) is 49.3 Å². The second-order valence-corrected chi connectivity index (χ2v) is 9.55. The fourth-order valence-electron chi connectivity index (χ4n) is 4.57. The lowest BCUT2D eigenvalue weighted by molar-refractivity contribution is -0.128. The Labute approximate surface area is 230 Å². The van der Waals surface area contributed by atoms with Crippen molar-refractivity contribution in [1.29, 1.82) is 0 Å². The second kappa shape index (κ2) is 13.1. The first kappa shape index (κ1) is 27.9. The van der Waals surface area contributed by atoms with Gasteiger partial charge in [-0.3, -0.25) is 4.79 Å². The molecule has 3 aromatic rings. The standard InChI is InChI=1S/C32H36N2O5/c1-4-18-32(31(36)33-19-17-24-11-9-23(2)10-12-24)29(26-7-5-8-28(22-26)37-3)39-30(34-32)25-13-15-27(16-14-25)38-21-6-20-35/h4-5,7-16,22,29,35H,1,6,17-21H2,2-3H3,(H,33,36)/t29-,32-/m1/s1. The highest BCUT2D eigenvalue weighted by Gasteiger charge is 2.52. The van der Waals surface area contributed by atoms with Gasteiger partial charge in [0.05, 0.1) is 13.7 Å². The molecular formula is C32H36N2O5. The maximum atomic E-state index is 13.9. The van der Waals surface area contributed by atoms with E-state index in [0.717, 1.165) is 16.7 Å². The molecule has 0 unspecified atom stereocenters. The van der Waals surface area contributed by atoms with Crippen LogP contribution in [-0.2, 0) is 16.0 Å². The Morgan fingerprint density at radius 2 is 1.90 bits per heavy atom. The highest BCUT2D eigenvalue weighted by atomic mass is 16.5. The molecule has 7 heteroatoms. The van der Waals surface area contributed by atoms with Gasteiger partial charge in [-0.2, -0.15) is 0 Å². The number of rotatable bonds is 13. The van der Waals surface area contributed by atoms with Gasteiger partial charge in [0, 0.05) is 31.6 Å². The number of aliphatic hydroxyl groups is 1. The topological polar surface area (TPSA) is 89.4 Å². The van der Waals surface area contributed by atoms with E-state index in [2.05, 4.69) is 43.1 Å². The first-order chi connectivity index (χ1) is 19.0. The molecule has 0 saturated heterocycles. The number of nitrogens with one attached hydrogen (secondary N) is 1. The number of carbonyl (C=O) groups excluding carboxylic acids is 1. The fraction of sp³-hybridized carbons (Fsp3) is 0.312. The molecule has 0 radical (unpaired) electrons. The summed E-state index contributed by atoms with van der Waals surface area (Å²) in [6.07, 6.45) is 2.58. The summed E-state index contributed by atoms with van der Waals surface area (Å²) in [5.41, 5.74) is 2.62. The van der Waals surface area contributed by atoms with E-state index in [0.29, 0.717) is 43.4 Å². The van der Waals surface area contributed by atoms with E-state index in [9.17, 15) is 4.79 Å². The summed E-state index contributed by atoms with van der Waals surface area (Å²) in [7, 11) is 1.61. The van der Waals surface area contributed by atoms with Crippen LogP contribution in [0.1, 0.15) is 41.2 Å². The SMILES string of the molecule is C=CC[C@@]1(C(=O)NCCc2ccc(C)cc2)N=C(c2ccc(OCCCO)cc2)O[C@@H]1c1cccc(OC)c1. The summed E-state index contributed by atoms with van der Waals surface area (Å²) in [5, 5.41) is 12.1. The Kier molecular flexibility index (Phi) is 9.39. The Morgan fingerprint density at radius 1 is 1.13 bits per heavy atom. The van der Waals surface area contributed by atoms with Gasteiger partial charge >= 0.3 is 0 Å². The van der Waals surface area contributed by atoms with Gasteiger partial charge in [0.25, 0.3) is 5.91 Å². The highest BCUT2D eigenvalue weighted by molar-refractivity contribution is 6.01. The van der Waals surface area contributed by atoms with Crippen LogP contribution in [0.5, 0.6) is 11.5 Å². The number of ether oxygens (including phenoxy) is 3. The lowest BCUT2D eigenvalue weighted by atomic mass is 9.84. The molecule has 204 valence electrons. The van der Waals surface area contributed by atoms with E-state index < -0.39 is 11.6 Å². The fourth-order valence-corrected chi connectivity index (χ4v) is 4.57. The van der Waals surface area contributed by atoms with Crippen molar-refractivity contribution < 1.29 is 24.1 Å². The Morgan fingerprint density at radius 3 is 2.59 bits per heavy atom. The minimum atomic E-state index is -1.24. The number of amides is 1. The largest absolute Gasteiger partial charge is 0.497 e. The van der Waals surface area contributed by atoms with E-state index in [1.807, 2.05) is 48.5 Å². The second-order valence-electron chi connectivity index (χ2n) is 9.55. The summed E-state index contributed by atoms with van der Waals surface area (Å²) < 4.78 is 17.6. The molecule has 39 heavy (non-hydrogen) atoms. The Balaban J connectivity index is 1.62. The molecule has 1 heterocycles. The number of methoxy groups -OCH3 is 1. The summed E-state index contributed by atoms with van der Waals surface area (Å²) in [6.45, 7) is 6.95. The number of hydrogen-bond donors (Lipinski definition) is 2. The predicted octanol–water partition coefficient (Wildman–Crippen LogP) is 4.96. The maximum Gasteiger partial charge on any atom is 0.252 e. The van der Waals surface area contributed by atoms with E-state index in [4.69, 9.17) is 24.3 Å². The average Bonchev–Trinajstić information content (AvgIpc) is 3.35. The zero-order valence-corrected chi connectivity index (χ0v) is 22.6. The molecule has 2 N–H and O–H groups in total. The van der Waals surface area contributed by atoms with Gasteiger partial charge in [0.1, 0.15) is 11.5 Å².